The van der Waals surface area contributed by atoms with Crippen LogP contribution in [0.1, 0.15) is 22.2 Å². The molecule has 0 saturated carbocycles. The van der Waals surface area contributed by atoms with E-state index in [0.717, 1.165) is 22.3 Å². The molecular formula is C25H19N5O2S2. The summed E-state index contributed by atoms with van der Waals surface area (Å²) in [4.78, 5) is 9.21. The molecule has 0 radical (unpaired) electrons. The highest BCUT2D eigenvalue weighted by Gasteiger charge is 2.22. The molecule has 0 spiro atoms. The van der Waals surface area contributed by atoms with Crippen LogP contribution in [-0.4, -0.2) is 23.3 Å². The average Bonchev–Trinajstić information content (AvgIpc) is 3.19. The molecule has 5 aromatic rings. The summed E-state index contributed by atoms with van der Waals surface area (Å²) in [6.45, 7) is 0. The molecule has 168 valence electrons. The molecule has 9 heteroatoms. The number of anilines is 2. The second kappa shape index (κ2) is 8.91. The molecule has 7 nitrogen and oxygen atoms in total. The number of benzene rings is 3. The Labute approximate surface area is 204 Å². The summed E-state index contributed by atoms with van der Waals surface area (Å²) in [5.74, 6) is 0.726. The molecule has 2 unspecified atom stereocenters. The maximum absolute atomic E-state index is 12.4. The third-order valence-corrected chi connectivity index (χ3v) is 6.97. The summed E-state index contributed by atoms with van der Waals surface area (Å²) in [6, 6.07) is 24.1. The van der Waals surface area contributed by atoms with E-state index in [-0.39, 0.29) is 5.25 Å². The van der Waals surface area contributed by atoms with Gasteiger partial charge in [0.05, 0.1) is 44.8 Å². The summed E-state index contributed by atoms with van der Waals surface area (Å²) in [5.41, 5.74) is 4.71. The first kappa shape index (κ1) is 22.1. The minimum atomic E-state index is -2.33. The van der Waals surface area contributed by atoms with Crippen molar-refractivity contribution in [2.45, 2.75) is 5.25 Å². The Hall–Kier alpha value is -3.71. The Bertz CT molecular complexity index is 1590. The lowest BCUT2D eigenvalue weighted by Gasteiger charge is -2.21. The normalized spacial score (nSPS) is 13.0. The van der Waals surface area contributed by atoms with Gasteiger partial charge in [-0.25, -0.2) is 13.5 Å². The minimum absolute atomic E-state index is 0.307. The minimum Gasteiger partial charge on any atom is -0.330 e. The zero-order valence-electron chi connectivity index (χ0n) is 18.0. The fraction of sp³-hybridized carbons (Fsp3) is 0.0800. The van der Waals surface area contributed by atoms with E-state index in [4.69, 9.17) is 22.9 Å². The number of aromatic nitrogens is 3. The van der Waals surface area contributed by atoms with Crippen LogP contribution < -0.4 is 4.31 Å². The average molecular weight is 486 g/mol. The number of nitriles is 1. The van der Waals surface area contributed by atoms with E-state index in [1.165, 1.54) is 4.31 Å². The van der Waals surface area contributed by atoms with Gasteiger partial charge in [-0.15, -0.1) is 0 Å². The lowest BCUT2D eigenvalue weighted by Crippen LogP contribution is -2.19. The monoisotopic (exact) mass is 485 g/mol. The molecular weight excluding hydrogens is 466 g/mol. The fourth-order valence-corrected chi connectivity index (χ4v) is 5.04. The first-order valence-electron chi connectivity index (χ1n) is 10.4. The second-order valence-corrected chi connectivity index (χ2v) is 9.06. The van der Waals surface area contributed by atoms with E-state index < -0.39 is 11.3 Å². The molecule has 2 heterocycles. The Morgan fingerprint density at radius 3 is 2.62 bits per heavy atom. The number of nitrogens with zero attached hydrogens (tertiary/aromatic N) is 5. The Morgan fingerprint density at radius 2 is 1.88 bits per heavy atom. The highest BCUT2D eigenvalue weighted by molar-refractivity contribution is 7.81. The van der Waals surface area contributed by atoms with Gasteiger partial charge in [0.25, 0.3) is 11.3 Å². The van der Waals surface area contributed by atoms with Crippen LogP contribution in [0.3, 0.4) is 0 Å². The van der Waals surface area contributed by atoms with Crippen molar-refractivity contribution in [3.8, 4) is 6.07 Å². The molecule has 0 saturated heterocycles. The first-order chi connectivity index (χ1) is 16.5. The van der Waals surface area contributed by atoms with E-state index >= 15 is 0 Å². The summed E-state index contributed by atoms with van der Waals surface area (Å²) < 4.78 is 25.9. The lowest BCUT2D eigenvalue weighted by molar-refractivity contribution is 0.564. The summed E-state index contributed by atoms with van der Waals surface area (Å²) >= 11 is 2.45. The quantitative estimate of drug-likeness (QED) is 0.261. The molecule has 0 aliphatic heterocycles. The van der Waals surface area contributed by atoms with Gasteiger partial charge >= 0.3 is 0 Å². The number of hydrogen-bond donors (Lipinski definition) is 2. The maximum Gasteiger partial charge on any atom is 0.266 e. The van der Waals surface area contributed by atoms with Gasteiger partial charge in [-0.2, -0.15) is 17.9 Å². The molecule has 0 amide bonds. The van der Waals surface area contributed by atoms with Crippen molar-refractivity contribution < 1.29 is 8.76 Å². The van der Waals surface area contributed by atoms with E-state index in [1.54, 1.807) is 36.5 Å². The molecule has 0 fully saturated rings. The van der Waals surface area contributed by atoms with Gasteiger partial charge < -0.3 is 4.57 Å². The van der Waals surface area contributed by atoms with Gasteiger partial charge in [-0.05, 0) is 48.0 Å². The number of fused-ring (bicyclic) bond motifs is 2. The highest BCUT2D eigenvalue weighted by Crippen LogP contribution is 2.35. The van der Waals surface area contributed by atoms with Gasteiger partial charge in [0.15, 0.2) is 0 Å². The van der Waals surface area contributed by atoms with Crippen LogP contribution in [0.2, 0.25) is 0 Å². The zero-order chi connectivity index (χ0) is 23.8. The summed E-state index contributed by atoms with van der Waals surface area (Å²) in [6.07, 6.45) is 1.66. The predicted molar refractivity (Wildman–Crippen MR) is 137 cm³/mol. The number of aryl methyl sites for hydroxylation is 1. The third-order valence-electron chi connectivity index (χ3n) is 5.72. The fourth-order valence-electron chi connectivity index (χ4n) is 4.03. The first-order valence-corrected chi connectivity index (χ1v) is 12.0. The Morgan fingerprint density at radius 1 is 1.12 bits per heavy atom. The van der Waals surface area contributed by atoms with Crippen molar-refractivity contribution in [1.82, 2.24) is 14.5 Å². The molecule has 5 rings (SSSR count). The van der Waals surface area contributed by atoms with Crippen molar-refractivity contribution in [3.63, 3.8) is 0 Å². The molecule has 3 aromatic carbocycles. The van der Waals surface area contributed by atoms with Crippen LogP contribution in [0, 0.1) is 11.3 Å². The lowest BCUT2D eigenvalue weighted by atomic mass is 10.1. The van der Waals surface area contributed by atoms with Gasteiger partial charge in [-0.3, -0.25) is 9.54 Å². The highest BCUT2D eigenvalue weighted by atomic mass is 32.2. The van der Waals surface area contributed by atoms with Crippen LogP contribution >= 0.6 is 12.6 Å². The van der Waals surface area contributed by atoms with Crippen molar-refractivity contribution in [2.24, 2.45) is 7.05 Å². The molecule has 1 N–H and O–H groups in total. The number of rotatable bonds is 5. The van der Waals surface area contributed by atoms with E-state index in [9.17, 15) is 8.76 Å². The van der Waals surface area contributed by atoms with Gasteiger partial charge in [0.1, 0.15) is 5.82 Å². The third kappa shape index (κ3) is 3.82. The van der Waals surface area contributed by atoms with Crippen molar-refractivity contribution in [2.75, 3.05) is 4.31 Å². The van der Waals surface area contributed by atoms with E-state index in [0.29, 0.717) is 28.0 Å². The summed E-state index contributed by atoms with van der Waals surface area (Å²) in [5, 5.41) is 9.61. The number of pyridine rings is 1. The van der Waals surface area contributed by atoms with Crippen molar-refractivity contribution in [1.29, 1.82) is 5.26 Å². The van der Waals surface area contributed by atoms with Gasteiger partial charge in [0.2, 0.25) is 0 Å². The number of hydrogen-bond acceptors (Lipinski definition) is 5. The molecule has 0 aliphatic rings. The Kier molecular flexibility index (Phi) is 5.79. The van der Waals surface area contributed by atoms with Crippen LogP contribution in [0.25, 0.3) is 21.9 Å². The topological polar surface area (TPSA) is 95.0 Å². The Balaban J connectivity index is 1.59. The predicted octanol–water partition coefficient (Wildman–Crippen LogP) is 5.29. The second-order valence-electron chi connectivity index (χ2n) is 7.72. The SMILES string of the molecule is Cn1c(C(S)c2ccc(C#N)cc2)nc2cc(N(c3cccc4cccnc34)S(=O)O)ccc21. The van der Waals surface area contributed by atoms with E-state index in [2.05, 4.69) is 11.1 Å². The van der Waals surface area contributed by atoms with Gasteiger partial charge in [-0.1, -0.05) is 30.3 Å². The number of imidazole rings is 1. The molecule has 2 aromatic heterocycles. The molecule has 0 aliphatic carbocycles. The number of para-hydroxylation sites is 1. The van der Waals surface area contributed by atoms with Crippen molar-refractivity contribution >= 4 is 57.2 Å². The van der Waals surface area contributed by atoms with E-state index in [1.807, 2.05) is 54.1 Å². The van der Waals surface area contributed by atoms with Gasteiger partial charge in [0, 0.05) is 18.6 Å². The van der Waals surface area contributed by atoms with Crippen LogP contribution in [0.4, 0.5) is 11.4 Å². The van der Waals surface area contributed by atoms with Crippen LogP contribution in [-0.2, 0) is 18.3 Å². The van der Waals surface area contributed by atoms with Crippen LogP contribution in [0.5, 0.6) is 0 Å². The smallest absolute Gasteiger partial charge is 0.266 e. The van der Waals surface area contributed by atoms with Crippen molar-refractivity contribution in [3.05, 3.63) is 95.9 Å². The molecule has 0 bridgehead atoms. The number of thiol groups is 1. The molecule has 34 heavy (non-hydrogen) atoms. The van der Waals surface area contributed by atoms with Crippen LogP contribution in [0.15, 0.2) is 79.0 Å². The summed E-state index contributed by atoms with van der Waals surface area (Å²) in [7, 11) is 1.91. The zero-order valence-corrected chi connectivity index (χ0v) is 19.7. The standard InChI is InChI=1S/C25H19N5O2S2/c1-29-21-12-11-19(30(34(31)32)22-6-2-4-17-5-3-13-27-23(17)22)14-20(21)28-25(29)24(33)18-9-7-16(15-26)8-10-18/h2-14,24,33H,1H3,(H,31,32). The largest absolute Gasteiger partial charge is 0.330 e. The maximum atomic E-state index is 12.4. The molecule has 2 atom stereocenters.